The van der Waals surface area contributed by atoms with Gasteiger partial charge in [-0.1, -0.05) is 6.42 Å². The lowest BCUT2D eigenvalue weighted by atomic mass is 9.58. The first-order valence-corrected chi connectivity index (χ1v) is 13.8. The van der Waals surface area contributed by atoms with Crippen LogP contribution in [0.25, 0.3) is 0 Å². The van der Waals surface area contributed by atoms with E-state index in [1.165, 1.54) is 19.0 Å². The van der Waals surface area contributed by atoms with Gasteiger partial charge in [-0.05, 0) is 75.9 Å². The maximum Gasteiger partial charge on any atom is 0.417 e. The number of nitrogens with zero attached hydrogens (tertiary/aromatic N) is 2. The number of ketones is 2. The Labute approximate surface area is 239 Å². The van der Waals surface area contributed by atoms with Crippen LogP contribution >= 0.6 is 0 Å². The summed E-state index contributed by atoms with van der Waals surface area (Å²) in [6.07, 6.45) is -2.54. The summed E-state index contributed by atoms with van der Waals surface area (Å²) in [6.45, 7) is 0.467. The highest BCUT2D eigenvalue weighted by atomic mass is 19.4. The summed E-state index contributed by atoms with van der Waals surface area (Å²) in [7, 11) is 4.64. The third kappa shape index (κ3) is 4.40. The van der Waals surface area contributed by atoms with Crippen molar-refractivity contribution in [1.82, 2.24) is 9.80 Å². The summed E-state index contributed by atoms with van der Waals surface area (Å²) in [5.41, 5.74) is -1.33. The average Bonchev–Trinajstić information content (AvgIpc) is 2.82. The van der Waals surface area contributed by atoms with E-state index in [2.05, 4.69) is 0 Å². The Hall–Kier alpha value is -3.42. The molecule has 0 unspecified atom stereocenters. The zero-order valence-corrected chi connectivity index (χ0v) is 23.5. The number of carbonyl (C=O) groups excluding carboxylic acids is 3. The second-order valence-corrected chi connectivity index (χ2v) is 12.2. The molecule has 1 amide bonds. The van der Waals surface area contributed by atoms with Gasteiger partial charge < -0.3 is 31.1 Å². The van der Waals surface area contributed by atoms with Gasteiger partial charge in [-0.2, -0.15) is 13.2 Å². The first-order valence-electron chi connectivity index (χ1n) is 13.8. The van der Waals surface area contributed by atoms with Crippen molar-refractivity contribution < 1.29 is 48.0 Å². The maximum absolute atomic E-state index is 14.7. The Morgan fingerprint density at radius 1 is 1.14 bits per heavy atom. The molecule has 0 heterocycles. The molecule has 42 heavy (non-hydrogen) atoms. The number of allylic oxidation sites excluding steroid dienone is 1. The van der Waals surface area contributed by atoms with Crippen LogP contribution in [0.1, 0.15) is 52.7 Å². The number of likely N-dealkylation sites (N-methyl/N-ethyl adjacent to an activating group) is 1. The Balaban J connectivity index is 1.66. The number of hydrogen-bond donors (Lipinski definition) is 5. The van der Waals surface area contributed by atoms with Crippen LogP contribution < -0.4 is 5.73 Å². The number of benzene rings is 1. The van der Waals surface area contributed by atoms with Crippen molar-refractivity contribution in [1.29, 1.82) is 0 Å². The fraction of sp³-hybridized carbons (Fsp3) is 0.552. The van der Waals surface area contributed by atoms with E-state index in [9.17, 15) is 48.0 Å². The van der Waals surface area contributed by atoms with Crippen LogP contribution in [0.3, 0.4) is 0 Å². The molecule has 1 aromatic rings. The second-order valence-electron chi connectivity index (χ2n) is 12.2. The van der Waals surface area contributed by atoms with Gasteiger partial charge >= 0.3 is 6.18 Å². The molecular weight excluding hydrogens is 559 g/mol. The van der Waals surface area contributed by atoms with Crippen LogP contribution in [0.5, 0.6) is 5.75 Å². The van der Waals surface area contributed by atoms with Crippen LogP contribution in [0.4, 0.5) is 13.2 Å². The monoisotopic (exact) mass is 593 g/mol. The largest absolute Gasteiger partial charge is 0.510 e. The van der Waals surface area contributed by atoms with E-state index in [1.807, 2.05) is 0 Å². The van der Waals surface area contributed by atoms with Crippen LogP contribution in [0, 0.1) is 17.8 Å². The molecule has 228 valence electrons. The normalized spacial score (nSPS) is 28.2. The van der Waals surface area contributed by atoms with Crippen molar-refractivity contribution >= 4 is 17.5 Å². The highest BCUT2D eigenvalue weighted by Gasteiger charge is 2.63. The molecular formula is C29H34F3N3O7. The number of aromatic hydroxyl groups is 1. The number of rotatable bonds is 6. The maximum atomic E-state index is 14.7. The topological polar surface area (TPSA) is 165 Å². The molecule has 0 aromatic heterocycles. The van der Waals surface area contributed by atoms with Crippen molar-refractivity contribution in [2.24, 2.45) is 23.5 Å². The molecule has 4 aliphatic rings. The zero-order valence-electron chi connectivity index (χ0n) is 23.5. The molecule has 0 aliphatic heterocycles. The number of phenolic OH excluding ortho intramolecular Hbond substituents is 1. The van der Waals surface area contributed by atoms with E-state index in [4.69, 9.17) is 5.73 Å². The van der Waals surface area contributed by atoms with Gasteiger partial charge in [0.2, 0.25) is 5.78 Å². The minimum Gasteiger partial charge on any atom is -0.510 e. The van der Waals surface area contributed by atoms with E-state index in [0.29, 0.717) is 12.5 Å². The second kappa shape index (κ2) is 10.1. The number of aliphatic hydroxyl groups is 3. The molecule has 1 aromatic carbocycles. The molecule has 0 spiro atoms. The van der Waals surface area contributed by atoms with E-state index < -0.39 is 98.7 Å². The van der Waals surface area contributed by atoms with Crippen molar-refractivity contribution in [2.45, 2.75) is 56.5 Å². The minimum absolute atomic E-state index is 0.118. The van der Waals surface area contributed by atoms with Gasteiger partial charge in [0, 0.05) is 24.6 Å². The standard InChI is InChI=1S/C29H34F3N3O7/c1-34(2)22-16-8-13-7-15-19(23(37)18(13)25(39)28(16,42)26(40)20(24(22)38)27(33)41)17(36)9-14(21(15)29(30,31)32)11-35(3)10-12-5-4-6-12/h9,12-13,16,22,36,38-39,42H,4-8,10-11H2,1-3H3,(H2,33,41)/t13-,16-,22-,28-/m0/s1. The number of hydrogen-bond acceptors (Lipinski definition) is 9. The first-order chi connectivity index (χ1) is 19.5. The van der Waals surface area contributed by atoms with Gasteiger partial charge in [-0.25, -0.2) is 0 Å². The quantitative estimate of drug-likeness (QED) is 0.312. The minimum atomic E-state index is -4.88. The molecule has 6 N–H and O–H groups in total. The lowest BCUT2D eigenvalue weighted by Crippen LogP contribution is -2.63. The van der Waals surface area contributed by atoms with Gasteiger partial charge in [0.15, 0.2) is 11.4 Å². The van der Waals surface area contributed by atoms with Crippen LogP contribution in [0.15, 0.2) is 28.7 Å². The predicted octanol–water partition coefficient (Wildman–Crippen LogP) is 2.37. The molecule has 0 radical (unpaired) electrons. The molecule has 0 saturated heterocycles. The Bertz CT molecular complexity index is 1450. The number of halogens is 3. The van der Waals surface area contributed by atoms with E-state index in [-0.39, 0.29) is 18.5 Å². The van der Waals surface area contributed by atoms with Crippen LogP contribution in [-0.4, -0.2) is 87.0 Å². The number of phenols is 1. The van der Waals surface area contributed by atoms with E-state index in [1.54, 1.807) is 11.9 Å². The molecule has 0 bridgehead atoms. The SMILES string of the molecule is CN(Cc1cc(O)c2c(c1C(F)(F)F)C[C@H]1C[C@H]3[C@H](N(C)C)C(O)=C(C(N)=O)C(=O)[C@@]3(O)C(O)=C1C2=O)CC1CCC1. The van der Waals surface area contributed by atoms with E-state index >= 15 is 0 Å². The lowest BCUT2D eigenvalue weighted by Gasteiger charge is -2.50. The fourth-order valence-corrected chi connectivity index (χ4v) is 7.34. The zero-order chi connectivity index (χ0) is 31.0. The van der Waals surface area contributed by atoms with Crippen LogP contribution in [0.2, 0.25) is 0 Å². The van der Waals surface area contributed by atoms with Crippen molar-refractivity contribution in [3.8, 4) is 5.75 Å². The van der Waals surface area contributed by atoms with Gasteiger partial charge in [0.25, 0.3) is 5.91 Å². The Morgan fingerprint density at radius 3 is 2.31 bits per heavy atom. The van der Waals surface area contributed by atoms with Gasteiger partial charge in [-0.3, -0.25) is 19.3 Å². The predicted molar refractivity (Wildman–Crippen MR) is 142 cm³/mol. The van der Waals surface area contributed by atoms with Gasteiger partial charge in [0.05, 0.1) is 17.2 Å². The molecule has 1 saturated carbocycles. The van der Waals surface area contributed by atoms with E-state index in [0.717, 1.165) is 25.3 Å². The number of amides is 1. The number of carbonyl (C=O) groups is 3. The van der Waals surface area contributed by atoms with Gasteiger partial charge in [-0.15, -0.1) is 0 Å². The summed E-state index contributed by atoms with van der Waals surface area (Å²) in [5, 5.41) is 44.7. The summed E-state index contributed by atoms with van der Waals surface area (Å²) >= 11 is 0. The number of aliphatic hydroxyl groups excluding tert-OH is 2. The number of alkyl halides is 3. The van der Waals surface area contributed by atoms with Gasteiger partial charge in [0.1, 0.15) is 22.8 Å². The molecule has 4 aliphatic carbocycles. The summed E-state index contributed by atoms with van der Waals surface area (Å²) < 4.78 is 44.0. The molecule has 4 atom stereocenters. The first kappa shape index (κ1) is 30.1. The Kier molecular flexibility index (Phi) is 7.22. The third-order valence-corrected chi connectivity index (χ3v) is 9.33. The molecule has 5 rings (SSSR count). The number of Topliss-reactive ketones (excluding diaryl/α,β-unsaturated/α-hetero) is 2. The highest BCUT2D eigenvalue weighted by Crippen LogP contribution is 2.54. The summed E-state index contributed by atoms with van der Waals surface area (Å²) in [4.78, 5) is 42.3. The average molecular weight is 594 g/mol. The third-order valence-electron chi connectivity index (χ3n) is 9.33. The number of primary amides is 1. The fourth-order valence-electron chi connectivity index (χ4n) is 7.34. The molecule has 1 fully saturated rings. The Morgan fingerprint density at radius 2 is 1.79 bits per heavy atom. The number of nitrogens with two attached hydrogens (primary N) is 1. The lowest BCUT2D eigenvalue weighted by molar-refractivity contribution is -0.148. The molecule has 13 heteroatoms. The smallest absolute Gasteiger partial charge is 0.417 e. The highest BCUT2D eigenvalue weighted by molar-refractivity contribution is 6.24. The molecule has 10 nitrogen and oxygen atoms in total. The van der Waals surface area contributed by atoms with Crippen molar-refractivity contribution in [2.75, 3.05) is 27.7 Å². The summed E-state index contributed by atoms with van der Waals surface area (Å²) in [5.74, 6) is -8.56. The van der Waals surface area contributed by atoms with Crippen molar-refractivity contribution in [3.05, 3.63) is 51.0 Å². The van der Waals surface area contributed by atoms with Crippen molar-refractivity contribution in [3.63, 3.8) is 0 Å². The number of fused-ring (bicyclic) bond motifs is 3. The summed E-state index contributed by atoms with van der Waals surface area (Å²) in [6, 6.07) is -0.327. The van der Waals surface area contributed by atoms with Crippen LogP contribution in [-0.2, 0) is 28.7 Å².